The van der Waals surface area contributed by atoms with Crippen molar-refractivity contribution in [2.45, 2.75) is 6.92 Å². The van der Waals surface area contributed by atoms with Crippen LogP contribution in [0, 0.1) is 17.0 Å². The SMILES string of the molecule is Cc1ccc(Cl)c(NC(=O)c2cc([N+](=O)[O-])cnc2N)c1. The van der Waals surface area contributed by atoms with E-state index < -0.39 is 10.8 Å². The van der Waals surface area contributed by atoms with E-state index in [1.807, 2.05) is 6.92 Å². The maximum Gasteiger partial charge on any atom is 0.288 e. The Morgan fingerprint density at radius 1 is 1.43 bits per heavy atom. The van der Waals surface area contributed by atoms with E-state index in [9.17, 15) is 14.9 Å². The van der Waals surface area contributed by atoms with Gasteiger partial charge in [-0.1, -0.05) is 17.7 Å². The monoisotopic (exact) mass is 306 g/mol. The fourth-order valence-corrected chi connectivity index (χ4v) is 1.84. The van der Waals surface area contributed by atoms with Crippen LogP contribution in [0.1, 0.15) is 15.9 Å². The molecule has 108 valence electrons. The smallest absolute Gasteiger partial charge is 0.288 e. The molecular weight excluding hydrogens is 296 g/mol. The van der Waals surface area contributed by atoms with Gasteiger partial charge >= 0.3 is 0 Å². The number of pyridine rings is 1. The lowest BCUT2D eigenvalue weighted by Gasteiger charge is -2.09. The third kappa shape index (κ3) is 3.26. The van der Waals surface area contributed by atoms with Crippen LogP contribution in [0.15, 0.2) is 30.5 Å². The van der Waals surface area contributed by atoms with Crippen molar-refractivity contribution in [3.05, 3.63) is 56.7 Å². The number of anilines is 2. The summed E-state index contributed by atoms with van der Waals surface area (Å²) in [6, 6.07) is 6.19. The molecule has 1 aromatic carbocycles. The molecule has 0 fully saturated rings. The number of carbonyl (C=O) groups is 1. The highest BCUT2D eigenvalue weighted by molar-refractivity contribution is 6.34. The van der Waals surface area contributed by atoms with Gasteiger partial charge in [0.15, 0.2) is 0 Å². The molecule has 0 radical (unpaired) electrons. The fourth-order valence-electron chi connectivity index (χ4n) is 1.67. The Bertz CT molecular complexity index is 733. The molecule has 21 heavy (non-hydrogen) atoms. The first-order chi connectivity index (χ1) is 9.88. The number of nitrogens with one attached hydrogen (secondary N) is 1. The first-order valence-electron chi connectivity index (χ1n) is 5.86. The molecule has 0 bridgehead atoms. The van der Waals surface area contributed by atoms with Gasteiger partial charge < -0.3 is 11.1 Å². The highest BCUT2D eigenvalue weighted by Crippen LogP contribution is 2.24. The van der Waals surface area contributed by atoms with Crippen molar-refractivity contribution in [1.82, 2.24) is 4.98 Å². The molecule has 1 aromatic heterocycles. The zero-order chi connectivity index (χ0) is 15.6. The first kappa shape index (κ1) is 14.7. The normalized spacial score (nSPS) is 10.2. The first-order valence-corrected chi connectivity index (χ1v) is 6.23. The number of amides is 1. The minimum atomic E-state index is -0.650. The Morgan fingerprint density at radius 2 is 2.14 bits per heavy atom. The lowest BCUT2D eigenvalue weighted by Crippen LogP contribution is -2.15. The lowest BCUT2D eigenvalue weighted by molar-refractivity contribution is -0.385. The van der Waals surface area contributed by atoms with Gasteiger partial charge in [0.1, 0.15) is 12.0 Å². The number of hydrogen-bond donors (Lipinski definition) is 2. The molecule has 0 unspecified atom stereocenters. The predicted octanol–water partition coefficient (Wildman–Crippen LogP) is 2.79. The van der Waals surface area contributed by atoms with E-state index in [0.717, 1.165) is 17.8 Å². The van der Waals surface area contributed by atoms with E-state index in [0.29, 0.717) is 10.7 Å². The summed E-state index contributed by atoms with van der Waals surface area (Å²) >= 11 is 5.98. The maximum absolute atomic E-state index is 12.2. The van der Waals surface area contributed by atoms with Gasteiger partial charge in [0.05, 0.1) is 21.2 Å². The largest absolute Gasteiger partial charge is 0.383 e. The third-order valence-electron chi connectivity index (χ3n) is 2.73. The standard InChI is InChI=1S/C13H11ClN4O3/c1-7-2-3-10(14)11(4-7)17-13(19)9-5-8(18(20)21)6-16-12(9)15/h2-6H,1H3,(H2,15,16)(H,17,19). The zero-order valence-electron chi connectivity index (χ0n) is 11.0. The number of carbonyl (C=O) groups excluding carboxylic acids is 1. The molecule has 3 N–H and O–H groups in total. The van der Waals surface area contributed by atoms with Crippen LogP contribution in [0.3, 0.4) is 0 Å². The summed E-state index contributed by atoms with van der Waals surface area (Å²) < 4.78 is 0. The Hall–Kier alpha value is -2.67. The second kappa shape index (κ2) is 5.76. The Labute approximate surface area is 124 Å². The van der Waals surface area contributed by atoms with E-state index in [1.54, 1.807) is 18.2 Å². The summed E-state index contributed by atoms with van der Waals surface area (Å²) in [5, 5.41) is 13.6. The van der Waals surface area contributed by atoms with Gasteiger partial charge in [0, 0.05) is 6.07 Å². The van der Waals surface area contributed by atoms with Gasteiger partial charge in [-0.05, 0) is 24.6 Å². The Balaban J connectivity index is 2.34. The molecular formula is C13H11ClN4O3. The fraction of sp³-hybridized carbons (Fsp3) is 0.0769. The maximum atomic E-state index is 12.2. The molecule has 7 nitrogen and oxygen atoms in total. The van der Waals surface area contributed by atoms with Gasteiger partial charge in [0.25, 0.3) is 11.6 Å². The molecule has 1 amide bonds. The van der Waals surface area contributed by atoms with Crippen LogP contribution >= 0.6 is 11.6 Å². The molecule has 2 aromatic rings. The molecule has 8 heteroatoms. The number of aryl methyl sites for hydroxylation is 1. The summed E-state index contributed by atoms with van der Waals surface area (Å²) in [6.45, 7) is 1.84. The molecule has 0 spiro atoms. The van der Waals surface area contributed by atoms with Crippen LogP contribution < -0.4 is 11.1 Å². The second-order valence-electron chi connectivity index (χ2n) is 4.32. The molecule has 2 rings (SSSR count). The van der Waals surface area contributed by atoms with E-state index in [1.165, 1.54) is 0 Å². The van der Waals surface area contributed by atoms with Crippen LogP contribution in [0.2, 0.25) is 5.02 Å². The number of nitrogen functional groups attached to an aromatic ring is 1. The van der Waals surface area contributed by atoms with Crippen molar-refractivity contribution in [2.75, 3.05) is 11.1 Å². The van der Waals surface area contributed by atoms with Crippen LogP contribution in [0.5, 0.6) is 0 Å². The number of hydrogen-bond acceptors (Lipinski definition) is 5. The van der Waals surface area contributed by atoms with Gasteiger partial charge in [-0.3, -0.25) is 14.9 Å². The molecule has 0 aliphatic heterocycles. The van der Waals surface area contributed by atoms with Gasteiger partial charge in [-0.25, -0.2) is 4.98 Å². The van der Waals surface area contributed by atoms with Crippen LogP contribution in [0.25, 0.3) is 0 Å². The average Bonchev–Trinajstić information content (AvgIpc) is 2.43. The summed E-state index contributed by atoms with van der Waals surface area (Å²) in [5.41, 5.74) is 6.49. The summed E-state index contributed by atoms with van der Waals surface area (Å²) in [6.07, 6.45) is 0.992. The number of nitrogens with zero attached hydrogens (tertiary/aromatic N) is 2. The quantitative estimate of drug-likeness (QED) is 0.669. The van der Waals surface area contributed by atoms with E-state index in [2.05, 4.69) is 10.3 Å². The van der Waals surface area contributed by atoms with Crippen LogP contribution in [0.4, 0.5) is 17.2 Å². The van der Waals surface area contributed by atoms with Crippen LogP contribution in [-0.2, 0) is 0 Å². The molecule has 0 saturated heterocycles. The summed E-state index contributed by atoms with van der Waals surface area (Å²) in [7, 11) is 0. The van der Waals surface area contributed by atoms with Crippen molar-refractivity contribution < 1.29 is 9.72 Å². The Morgan fingerprint density at radius 3 is 2.81 bits per heavy atom. The van der Waals surface area contributed by atoms with Crippen molar-refractivity contribution >= 4 is 34.7 Å². The highest BCUT2D eigenvalue weighted by atomic mass is 35.5. The highest BCUT2D eigenvalue weighted by Gasteiger charge is 2.17. The number of halogens is 1. The van der Waals surface area contributed by atoms with E-state index in [4.69, 9.17) is 17.3 Å². The Kier molecular flexibility index (Phi) is 4.04. The number of nitro groups is 1. The summed E-state index contributed by atoms with van der Waals surface area (Å²) in [5.74, 6) is -0.710. The van der Waals surface area contributed by atoms with Gasteiger partial charge in [-0.15, -0.1) is 0 Å². The average molecular weight is 307 g/mol. The molecule has 0 aliphatic carbocycles. The predicted molar refractivity (Wildman–Crippen MR) is 79.4 cm³/mol. The summed E-state index contributed by atoms with van der Waals surface area (Å²) in [4.78, 5) is 25.9. The number of aromatic nitrogens is 1. The molecule has 0 saturated carbocycles. The van der Waals surface area contributed by atoms with Crippen molar-refractivity contribution in [1.29, 1.82) is 0 Å². The number of rotatable bonds is 3. The topological polar surface area (TPSA) is 111 Å². The third-order valence-corrected chi connectivity index (χ3v) is 3.06. The van der Waals surface area contributed by atoms with Crippen LogP contribution in [-0.4, -0.2) is 15.8 Å². The molecule has 0 aliphatic rings. The van der Waals surface area contributed by atoms with Crippen molar-refractivity contribution in [3.63, 3.8) is 0 Å². The van der Waals surface area contributed by atoms with E-state index in [-0.39, 0.29) is 17.1 Å². The van der Waals surface area contributed by atoms with Crippen molar-refractivity contribution in [3.8, 4) is 0 Å². The number of benzene rings is 1. The van der Waals surface area contributed by atoms with Crippen molar-refractivity contribution in [2.24, 2.45) is 0 Å². The minimum absolute atomic E-state index is 0.0817. The van der Waals surface area contributed by atoms with E-state index >= 15 is 0 Å². The van der Waals surface area contributed by atoms with Gasteiger partial charge in [-0.2, -0.15) is 0 Å². The minimum Gasteiger partial charge on any atom is -0.383 e. The molecule has 1 heterocycles. The van der Waals surface area contributed by atoms with Gasteiger partial charge in [0.2, 0.25) is 0 Å². The second-order valence-corrected chi connectivity index (χ2v) is 4.73. The zero-order valence-corrected chi connectivity index (χ0v) is 11.7. The lowest BCUT2D eigenvalue weighted by atomic mass is 10.2. The molecule has 0 atom stereocenters. The number of nitrogens with two attached hydrogens (primary N) is 1.